The molecule has 0 saturated carbocycles. The molecule has 0 bridgehead atoms. The molecular formula is C19H19N5O7. The van der Waals surface area contributed by atoms with Crippen molar-refractivity contribution < 1.29 is 24.2 Å². The first-order valence-corrected chi connectivity index (χ1v) is 8.87. The molecule has 2 N–H and O–H groups in total. The Bertz CT molecular complexity index is 1050. The third-order valence-electron chi connectivity index (χ3n) is 3.97. The van der Waals surface area contributed by atoms with Gasteiger partial charge in [-0.15, -0.1) is 0 Å². The molecule has 0 saturated heterocycles. The molecule has 2 aromatic carbocycles. The smallest absolute Gasteiger partial charge is 0.279 e. The van der Waals surface area contributed by atoms with Crippen LogP contribution in [0.5, 0.6) is 5.75 Å². The first-order valence-electron chi connectivity index (χ1n) is 8.87. The van der Waals surface area contributed by atoms with Crippen LogP contribution in [0.1, 0.15) is 18.9 Å². The number of hydrogen-bond donors (Lipinski definition) is 2. The van der Waals surface area contributed by atoms with E-state index in [0.717, 1.165) is 18.2 Å². The Morgan fingerprint density at radius 1 is 1.06 bits per heavy atom. The quantitative estimate of drug-likeness (QED) is 0.351. The standard InChI is InChI=1S/C19H19N5O7/c1-12(8-18(25)20-14-4-3-5-16(10-14)31-2)21-22-19(26)9-13-6-7-15(23(27)28)11-17(13)24(29)30/h3-7,10-11H,8-9H2,1-2H3,(H,20,25)(H,22,26)/b21-12+. The van der Waals surface area contributed by atoms with E-state index >= 15 is 0 Å². The molecule has 0 atom stereocenters. The molecule has 31 heavy (non-hydrogen) atoms. The van der Waals surface area contributed by atoms with Crippen molar-refractivity contribution in [2.75, 3.05) is 12.4 Å². The molecule has 12 heteroatoms. The Hall–Kier alpha value is -4.35. The topological polar surface area (TPSA) is 166 Å². The number of nitro benzene ring substituents is 2. The van der Waals surface area contributed by atoms with Crippen molar-refractivity contribution in [3.05, 3.63) is 68.3 Å². The van der Waals surface area contributed by atoms with E-state index in [4.69, 9.17) is 4.74 Å². The number of methoxy groups -OCH3 is 1. The first-order chi connectivity index (χ1) is 14.7. The van der Waals surface area contributed by atoms with Crippen LogP contribution in [-0.4, -0.2) is 34.5 Å². The second kappa shape index (κ2) is 10.4. The number of ether oxygens (including phenoxy) is 1. The normalized spacial score (nSPS) is 10.8. The third-order valence-corrected chi connectivity index (χ3v) is 3.97. The Balaban J connectivity index is 1.95. The fourth-order valence-electron chi connectivity index (χ4n) is 2.53. The summed E-state index contributed by atoms with van der Waals surface area (Å²) in [4.78, 5) is 44.5. The molecule has 0 radical (unpaired) electrons. The van der Waals surface area contributed by atoms with E-state index in [-0.39, 0.29) is 17.9 Å². The monoisotopic (exact) mass is 429 g/mol. The Morgan fingerprint density at radius 2 is 1.81 bits per heavy atom. The Morgan fingerprint density at radius 3 is 2.45 bits per heavy atom. The molecule has 0 spiro atoms. The van der Waals surface area contributed by atoms with E-state index in [1.54, 1.807) is 24.3 Å². The van der Waals surface area contributed by atoms with Crippen LogP contribution in [0.2, 0.25) is 0 Å². The van der Waals surface area contributed by atoms with Crippen LogP contribution >= 0.6 is 0 Å². The van der Waals surface area contributed by atoms with Gasteiger partial charge in [-0.05, 0) is 25.1 Å². The van der Waals surface area contributed by atoms with Crippen molar-refractivity contribution in [1.82, 2.24) is 5.43 Å². The number of anilines is 1. The highest BCUT2D eigenvalue weighted by Crippen LogP contribution is 2.25. The summed E-state index contributed by atoms with van der Waals surface area (Å²) in [5.41, 5.74) is 2.05. The lowest BCUT2D eigenvalue weighted by Crippen LogP contribution is -2.23. The van der Waals surface area contributed by atoms with Gasteiger partial charge in [-0.25, -0.2) is 5.43 Å². The summed E-state index contributed by atoms with van der Waals surface area (Å²) in [6.07, 6.45) is -0.518. The minimum absolute atomic E-state index is 0.00304. The van der Waals surface area contributed by atoms with E-state index < -0.39 is 33.5 Å². The van der Waals surface area contributed by atoms with Crippen LogP contribution in [0.3, 0.4) is 0 Å². The molecule has 0 unspecified atom stereocenters. The van der Waals surface area contributed by atoms with E-state index in [1.807, 2.05) is 0 Å². The molecule has 2 aromatic rings. The molecule has 2 rings (SSSR count). The van der Waals surface area contributed by atoms with E-state index in [9.17, 15) is 29.8 Å². The average molecular weight is 429 g/mol. The van der Waals surface area contributed by atoms with Crippen molar-refractivity contribution in [1.29, 1.82) is 0 Å². The van der Waals surface area contributed by atoms with Crippen LogP contribution < -0.4 is 15.5 Å². The van der Waals surface area contributed by atoms with Gasteiger partial charge in [0.2, 0.25) is 11.8 Å². The summed E-state index contributed by atoms with van der Waals surface area (Å²) in [5.74, 6) is -0.463. The third kappa shape index (κ3) is 6.88. The van der Waals surface area contributed by atoms with Gasteiger partial charge >= 0.3 is 0 Å². The lowest BCUT2D eigenvalue weighted by Gasteiger charge is -2.07. The molecule has 0 heterocycles. The lowest BCUT2D eigenvalue weighted by molar-refractivity contribution is -0.394. The van der Waals surface area contributed by atoms with E-state index in [1.165, 1.54) is 14.0 Å². The highest BCUT2D eigenvalue weighted by atomic mass is 16.6. The van der Waals surface area contributed by atoms with Gasteiger partial charge in [-0.1, -0.05) is 6.07 Å². The summed E-state index contributed by atoms with van der Waals surface area (Å²) in [5, 5.41) is 28.4. The molecule has 0 fully saturated rings. The summed E-state index contributed by atoms with van der Waals surface area (Å²) in [6, 6.07) is 9.79. The number of benzene rings is 2. The predicted molar refractivity (Wildman–Crippen MR) is 111 cm³/mol. The van der Waals surface area contributed by atoms with Crippen molar-refractivity contribution in [2.45, 2.75) is 19.8 Å². The number of carbonyl (C=O) groups excluding carboxylic acids is 2. The van der Waals surface area contributed by atoms with Crippen LogP contribution in [0.4, 0.5) is 17.1 Å². The zero-order valence-electron chi connectivity index (χ0n) is 16.7. The van der Waals surface area contributed by atoms with E-state index in [2.05, 4.69) is 15.8 Å². The zero-order valence-corrected chi connectivity index (χ0v) is 16.7. The van der Waals surface area contributed by atoms with Gasteiger partial charge in [-0.3, -0.25) is 29.8 Å². The number of hydrogen-bond acceptors (Lipinski definition) is 8. The van der Waals surface area contributed by atoms with Gasteiger partial charge < -0.3 is 10.1 Å². The van der Waals surface area contributed by atoms with Crippen LogP contribution in [0.25, 0.3) is 0 Å². The molecule has 12 nitrogen and oxygen atoms in total. The van der Waals surface area contributed by atoms with Gasteiger partial charge in [0.25, 0.3) is 11.4 Å². The summed E-state index contributed by atoms with van der Waals surface area (Å²) in [7, 11) is 1.51. The fourth-order valence-corrected chi connectivity index (χ4v) is 2.53. The maximum Gasteiger partial charge on any atom is 0.279 e. The predicted octanol–water partition coefficient (Wildman–Crippen LogP) is 2.58. The molecule has 0 aromatic heterocycles. The number of non-ortho nitro benzene ring substituents is 1. The number of amides is 2. The molecular weight excluding hydrogens is 410 g/mol. The van der Waals surface area contributed by atoms with Gasteiger partial charge in [-0.2, -0.15) is 5.10 Å². The minimum atomic E-state index is -0.799. The summed E-state index contributed by atoms with van der Waals surface area (Å²) >= 11 is 0. The molecule has 0 aliphatic carbocycles. The van der Waals surface area contributed by atoms with Crippen molar-refractivity contribution in [3.8, 4) is 5.75 Å². The lowest BCUT2D eigenvalue weighted by atomic mass is 10.1. The second-order valence-electron chi connectivity index (χ2n) is 6.34. The van der Waals surface area contributed by atoms with Gasteiger partial charge in [0, 0.05) is 29.1 Å². The first kappa shape index (κ1) is 22.9. The van der Waals surface area contributed by atoms with E-state index in [0.29, 0.717) is 17.1 Å². The minimum Gasteiger partial charge on any atom is -0.497 e. The molecule has 0 aliphatic heterocycles. The number of hydrazone groups is 1. The SMILES string of the molecule is COc1cccc(NC(=O)C/C(C)=N/NC(=O)Cc2ccc([N+](=O)[O-])cc2[N+](=O)[O-])c1. The number of nitrogens with zero attached hydrogens (tertiary/aromatic N) is 3. The molecule has 162 valence electrons. The zero-order chi connectivity index (χ0) is 23.0. The molecule has 2 amide bonds. The maximum absolute atomic E-state index is 12.1. The highest BCUT2D eigenvalue weighted by Gasteiger charge is 2.21. The highest BCUT2D eigenvalue weighted by molar-refractivity contribution is 6.05. The Kier molecular flexibility index (Phi) is 7.72. The molecule has 0 aliphatic rings. The van der Waals surface area contributed by atoms with Crippen LogP contribution in [0, 0.1) is 20.2 Å². The van der Waals surface area contributed by atoms with Crippen molar-refractivity contribution >= 4 is 34.6 Å². The average Bonchev–Trinajstić information content (AvgIpc) is 2.72. The van der Waals surface area contributed by atoms with Crippen LogP contribution in [-0.2, 0) is 16.0 Å². The summed E-state index contributed by atoms with van der Waals surface area (Å²) in [6.45, 7) is 1.53. The number of rotatable bonds is 9. The number of nitro groups is 2. The van der Waals surface area contributed by atoms with Crippen molar-refractivity contribution in [2.24, 2.45) is 5.10 Å². The number of carbonyl (C=O) groups is 2. The van der Waals surface area contributed by atoms with Crippen molar-refractivity contribution in [3.63, 3.8) is 0 Å². The maximum atomic E-state index is 12.1. The second-order valence-corrected chi connectivity index (χ2v) is 6.34. The fraction of sp³-hybridized carbons (Fsp3) is 0.211. The van der Waals surface area contributed by atoms with Gasteiger partial charge in [0.1, 0.15) is 5.75 Å². The van der Waals surface area contributed by atoms with Crippen LogP contribution in [0.15, 0.2) is 47.6 Å². The van der Waals surface area contributed by atoms with Gasteiger partial charge in [0.15, 0.2) is 0 Å². The Labute approximate surface area is 176 Å². The largest absolute Gasteiger partial charge is 0.497 e. The number of nitrogens with one attached hydrogen (secondary N) is 2. The summed E-state index contributed by atoms with van der Waals surface area (Å²) < 4.78 is 5.07. The van der Waals surface area contributed by atoms with Gasteiger partial charge in [0.05, 0.1) is 35.9 Å².